The second kappa shape index (κ2) is 6.07. The average Bonchev–Trinajstić information content (AvgIpc) is 2.87. The Kier molecular flexibility index (Phi) is 4.42. The quantitative estimate of drug-likeness (QED) is 0.847. The van der Waals surface area contributed by atoms with Crippen molar-refractivity contribution in [2.75, 3.05) is 40.3 Å². The Labute approximate surface area is 139 Å². The van der Waals surface area contributed by atoms with Crippen LogP contribution >= 0.6 is 0 Å². The molecule has 0 saturated carbocycles. The second-order valence-corrected chi connectivity index (χ2v) is 8.99. The van der Waals surface area contributed by atoms with E-state index in [4.69, 9.17) is 4.74 Å². The second-order valence-electron chi connectivity index (χ2n) is 7.08. The van der Waals surface area contributed by atoms with Crippen molar-refractivity contribution >= 4 is 10.0 Å². The van der Waals surface area contributed by atoms with E-state index in [2.05, 4.69) is 11.9 Å². The first-order chi connectivity index (χ1) is 10.9. The molecule has 128 valence electrons. The topological polar surface area (TPSA) is 49.9 Å². The lowest BCUT2D eigenvalue weighted by Gasteiger charge is -2.39. The summed E-state index contributed by atoms with van der Waals surface area (Å²) in [6, 6.07) is 5.34. The van der Waals surface area contributed by atoms with Crippen LogP contribution < -0.4 is 4.74 Å². The van der Waals surface area contributed by atoms with Crippen LogP contribution in [0.15, 0.2) is 23.1 Å². The fraction of sp³-hybridized carbons (Fsp3) is 0.647. The van der Waals surface area contributed by atoms with Crippen LogP contribution in [0.25, 0.3) is 0 Å². The SMILES string of the molecule is COc1ccc(C)cc1S(=O)(=O)N1CCCC2(CCN(C)C2)C1. The first-order valence-electron chi connectivity index (χ1n) is 8.20. The third-order valence-electron chi connectivity index (χ3n) is 5.19. The summed E-state index contributed by atoms with van der Waals surface area (Å²) < 4.78 is 33.3. The van der Waals surface area contributed by atoms with Gasteiger partial charge in [0.1, 0.15) is 10.6 Å². The van der Waals surface area contributed by atoms with Crippen LogP contribution in [-0.2, 0) is 10.0 Å². The Morgan fingerprint density at radius 1 is 1.17 bits per heavy atom. The number of nitrogens with zero attached hydrogens (tertiary/aromatic N) is 2. The molecule has 5 nitrogen and oxygen atoms in total. The third-order valence-corrected chi connectivity index (χ3v) is 7.06. The minimum atomic E-state index is -3.52. The van der Waals surface area contributed by atoms with Crippen molar-refractivity contribution in [1.29, 1.82) is 0 Å². The van der Waals surface area contributed by atoms with Gasteiger partial charge >= 0.3 is 0 Å². The van der Waals surface area contributed by atoms with Crippen molar-refractivity contribution in [3.05, 3.63) is 23.8 Å². The molecule has 2 aliphatic heterocycles. The van der Waals surface area contributed by atoms with Crippen LogP contribution in [0.2, 0.25) is 0 Å². The molecule has 0 aromatic heterocycles. The molecule has 3 rings (SSSR count). The van der Waals surface area contributed by atoms with E-state index in [-0.39, 0.29) is 5.41 Å². The molecular weight excluding hydrogens is 312 g/mol. The molecular formula is C17H26N2O3S. The maximum atomic E-state index is 13.2. The monoisotopic (exact) mass is 338 g/mol. The van der Waals surface area contributed by atoms with Gasteiger partial charge in [-0.25, -0.2) is 8.42 Å². The summed E-state index contributed by atoms with van der Waals surface area (Å²) in [6.07, 6.45) is 3.13. The summed E-state index contributed by atoms with van der Waals surface area (Å²) in [5.74, 6) is 0.429. The highest BCUT2D eigenvalue weighted by Crippen LogP contribution is 2.40. The summed E-state index contributed by atoms with van der Waals surface area (Å²) >= 11 is 0. The number of likely N-dealkylation sites (tertiary alicyclic amines) is 1. The number of benzene rings is 1. The van der Waals surface area contributed by atoms with Crippen LogP contribution in [0.4, 0.5) is 0 Å². The zero-order chi connectivity index (χ0) is 16.7. The molecule has 0 aliphatic carbocycles. The molecule has 0 bridgehead atoms. The Morgan fingerprint density at radius 3 is 2.61 bits per heavy atom. The molecule has 23 heavy (non-hydrogen) atoms. The van der Waals surface area contributed by atoms with Crippen molar-refractivity contribution in [1.82, 2.24) is 9.21 Å². The van der Waals surface area contributed by atoms with Crippen molar-refractivity contribution in [2.24, 2.45) is 5.41 Å². The van der Waals surface area contributed by atoms with E-state index >= 15 is 0 Å². The number of hydrogen-bond donors (Lipinski definition) is 0. The fourth-order valence-corrected chi connectivity index (χ4v) is 5.82. The molecule has 2 heterocycles. The predicted octanol–water partition coefficient (Wildman–Crippen LogP) is 2.11. The Morgan fingerprint density at radius 2 is 1.96 bits per heavy atom. The molecule has 0 radical (unpaired) electrons. The summed E-state index contributed by atoms with van der Waals surface area (Å²) in [6.45, 7) is 5.18. The van der Waals surface area contributed by atoms with E-state index in [0.717, 1.165) is 37.9 Å². The van der Waals surface area contributed by atoms with E-state index in [0.29, 0.717) is 23.7 Å². The number of methoxy groups -OCH3 is 1. The Hall–Kier alpha value is -1.11. The lowest BCUT2D eigenvalue weighted by atomic mass is 9.80. The van der Waals surface area contributed by atoms with Crippen molar-refractivity contribution in [3.8, 4) is 5.75 Å². The van der Waals surface area contributed by atoms with Crippen molar-refractivity contribution in [2.45, 2.75) is 31.1 Å². The Balaban J connectivity index is 1.92. The molecule has 2 saturated heterocycles. The van der Waals surface area contributed by atoms with Crippen LogP contribution in [0.5, 0.6) is 5.75 Å². The molecule has 2 fully saturated rings. The van der Waals surface area contributed by atoms with Gasteiger partial charge in [-0.1, -0.05) is 6.07 Å². The van der Waals surface area contributed by atoms with Gasteiger partial charge in [0, 0.05) is 19.6 Å². The van der Waals surface area contributed by atoms with E-state index in [9.17, 15) is 8.42 Å². The van der Waals surface area contributed by atoms with Gasteiger partial charge in [0.15, 0.2) is 0 Å². The average molecular weight is 338 g/mol. The number of aryl methyl sites for hydroxylation is 1. The largest absolute Gasteiger partial charge is 0.495 e. The van der Waals surface area contributed by atoms with Gasteiger partial charge in [0.25, 0.3) is 0 Å². The summed E-state index contributed by atoms with van der Waals surface area (Å²) in [4.78, 5) is 2.60. The number of piperidine rings is 1. The molecule has 6 heteroatoms. The first kappa shape index (κ1) is 16.7. The number of ether oxygens (including phenoxy) is 1. The van der Waals surface area contributed by atoms with Crippen molar-refractivity contribution < 1.29 is 13.2 Å². The maximum Gasteiger partial charge on any atom is 0.246 e. The number of hydrogen-bond acceptors (Lipinski definition) is 4. The minimum absolute atomic E-state index is 0.122. The molecule has 1 aromatic rings. The summed E-state index contributed by atoms with van der Waals surface area (Å²) in [5, 5.41) is 0. The Bertz CT molecular complexity index is 685. The smallest absolute Gasteiger partial charge is 0.246 e. The van der Waals surface area contributed by atoms with Crippen LogP contribution in [0, 0.1) is 12.3 Å². The van der Waals surface area contributed by atoms with E-state index in [1.54, 1.807) is 16.4 Å². The highest BCUT2D eigenvalue weighted by atomic mass is 32.2. The molecule has 1 spiro atoms. The van der Waals surface area contributed by atoms with Crippen LogP contribution in [-0.4, -0.2) is 58.0 Å². The maximum absolute atomic E-state index is 13.2. The van der Waals surface area contributed by atoms with Crippen molar-refractivity contribution in [3.63, 3.8) is 0 Å². The standard InChI is InChI=1S/C17H26N2O3S/c1-14-5-6-15(22-3)16(11-14)23(20,21)19-9-4-7-17(13-19)8-10-18(2)12-17/h5-6,11H,4,7-10,12-13H2,1-3H3. The van der Waals surface area contributed by atoms with Crippen LogP contribution in [0.1, 0.15) is 24.8 Å². The normalized spacial score (nSPS) is 26.7. The molecule has 1 atom stereocenters. The third kappa shape index (κ3) is 3.12. The number of sulfonamides is 1. The van der Waals surface area contributed by atoms with Gasteiger partial charge in [-0.05, 0) is 62.9 Å². The van der Waals surface area contributed by atoms with Gasteiger partial charge in [-0.15, -0.1) is 0 Å². The lowest BCUT2D eigenvalue weighted by Crippen LogP contribution is -2.47. The lowest BCUT2D eigenvalue weighted by molar-refractivity contribution is 0.153. The molecule has 2 aliphatic rings. The highest BCUT2D eigenvalue weighted by Gasteiger charge is 2.43. The van der Waals surface area contributed by atoms with E-state index in [1.807, 2.05) is 13.0 Å². The zero-order valence-electron chi connectivity index (χ0n) is 14.2. The van der Waals surface area contributed by atoms with Gasteiger partial charge < -0.3 is 9.64 Å². The van der Waals surface area contributed by atoms with E-state index in [1.165, 1.54) is 7.11 Å². The van der Waals surface area contributed by atoms with Gasteiger partial charge in [0.2, 0.25) is 10.0 Å². The number of rotatable bonds is 3. The first-order valence-corrected chi connectivity index (χ1v) is 9.64. The van der Waals surface area contributed by atoms with Gasteiger partial charge in [0.05, 0.1) is 7.11 Å². The summed E-state index contributed by atoms with van der Waals surface area (Å²) in [5.41, 5.74) is 1.05. The summed E-state index contributed by atoms with van der Waals surface area (Å²) in [7, 11) is 0.120. The predicted molar refractivity (Wildman–Crippen MR) is 90.3 cm³/mol. The molecule has 0 amide bonds. The van der Waals surface area contributed by atoms with Gasteiger partial charge in [-0.3, -0.25) is 0 Å². The van der Waals surface area contributed by atoms with Gasteiger partial charge in [-0.2, -0.15) is 4.31 Å². The minimum Gasteiger partial charge on any atom is -0.495 e. The molecule has 1 unspecified atom stereocenters. The fourth-order valence-electron chi connectivity index (χ4n) is 3.98. The highest BCUT2D eigenvalue weighted by molar-refractivity contribution is 7.89. The zero-order valence-corrected chi connectivity index (χ0v) is 15.0. The van der Waals surface area contributed by atoms with E-state index < -0.39 is 10.0 Å². The molecule has 1 aromatic carbocycles. The molecule has 0 N–H and O–H groups in total. The van der Waals surface area contributed by atoms with Crippen LogP contribution in [0.3, 0.4) is 0 Å².